The lowest BCUT2D eigenvalue weighted by Gasteiger charge is -2.39. The van der Waals surface area contributed by atoms with Crippen molar-refractivity contribution in [1.82, 2.24) is 19.5 Å². The summed E-state index contributed by atoms with van der Waals surface area (Å²) < 4.78 is 8.12. The van der Waals surface area contributed by atoms with Crippen molar-refractivity contribution in [3.8, 4) is 5.75 Å². The van der Waals surface area contributed by atoms with E-state index in [-0.39, 0.29) is 12.1 Å². The number of halogens is 1. The van der Waals surface area contributed by atoms with Gasteiger partial charge >= 0.3 is 0 Å². The summed E-state index contributed by atoms with van der Waals surface area (Å²) >= 11 is 3.41. The van der Waals surface area contributed by atoms with Gasteiger partial charge in [-0.05, 0) is 34.5 Å². The van der Waals surface area contributed by atoms with Crippen LogP contribution in [0.5, 0.6) is 5.75 Å². The van der Waals surface area contributed by atoms with Gasteiger partial charge in [0.25, 0.3) is 0 Å². The predicted molar refractivity (Wildman–Crippen MR) is 96.4 cm³/mol. The van der Waals surface area contributed by atoms with E-state index in [4.69, 9.17) is 4.74 Å². The topological polar surface area (TPSA) is 59.7 Å². The van der Waals surface area contributed by atoms with Crippen molar-refractivity contribution in [2.24, 2.45) is 0 Å². The Labute approximate surface area is 153 Å². The number of carbonyl (C=O) groups excluding carboxylic acids is 1. The second kappa shape index (κ2) is 6.15. The summed E-state index contributed by atoms with van der Waals surface area (Å²) in [6.45, 7) is 2.03. The number of methoxy groups -OCH3 is 1. The number of carbonyl (C=O) groups is 1. The summed E-state index contributed by atoms with van der Waals surface area (Å²) in [6.07, 6.45) is 5.16. The van der Waals surface area contributed by atoms with Crippen LogP contribution in [0, 0.1) is 0 Å². The summed E-state index contributed by atoms with van der Waals surface area (Å²) in [4.78, 5) is 18.0. The smallest absolute Gasteiger partial charge is 0.210 e. The Bertz CT molecular complexity index is 955. The highest BCUT2D eigenvalue weighted by Crippen LogP contribution is 2.42. The first-order valence-electron chi connectivity index (χ1n) is 8.01. The van der Waals surface area contributed by atoms with Crippen LogP contribution in [0.3, 0.4) is 0 Å². The fourth-order valence-electron chi connectivity index (χ4n) is 3.57. The third kappa shape index (κ3) is 2.59. The fraction of sp³-hybridized carbons (Fsp3) is 0.278. The van der Waals surface area contributed by atoms with Crippen LogP contribution in [0.2, 0.25) is 0 Å². The van der Waals surface area contributed by atoms with E-state index in [1.165, 1.54) is 0 Å². The maximum atomic E-state index is 11.8. The molecule has 2 aromatic heterocycles. The number of hydrogen-bond donors (Lipinski definition) is 0. The zero-order valence-corrected chi connectivity index (χ0v) is 15.5. The Morgan fingerprint density at radius 2 is 2.24 bits per heavy atom. The van der Waals surface area contributed by atoms with Gasteiger partial charge in [-0.3, -0.25) is 4.79 Å². The van der Waals surface area contributed by atoms with Gasteiger partial charge in [-0.25, -0.2) is 9.50 Å². The zero-order valence-electron chi connectivity index (χ0n) is 13.9. The van der Waals surface area contributed by atoms with Crippen LogP contribution < -0.4 is 4.74 Å². The highest BCUT2D eigenvalue weighted by molar-refractivity contribution is 9.10. The number of fused-ring (bicyclic) bond motifs is 2. The minimum Gasteiger partial charge on any atom is -0.496 e. The standard InChI is InChI=1S/C18H17BrN4O2/c1-11-13-4-3-5-17(25-2)14(13)6-16(22(11)10-24)15-7-18-20-8-12(19)9-23(18)21-15/h3-5,7-11,16H,6H2,1-2H3. The van der Waals surface area contributed by atoms with Gasteiger partial charge in [-0.2, -0.15) is 5.10 Å². The van der Waals surface area contributed by atoms with Crippen LogP contribution >= 0.6 is 15.9 Å². The highest BCUT2D eigenvalue weighted by atomic mass is 79.9. The first-order chi connectivity index (χ1) is 12.1. The van der Waals surface area contributed by atoms with E-state index in [9.17, 15) is 4.79 Å². The van der Waals surface area contributed by atoms with Crippen molar-refractivity contribution in [1.29, 1.82) is 0 Å². The van der Waals surface area contributed by atoms with Gasteiger partial charge in [0.15, 0.2) is 5.65 Å². The van der Waals surface area contributed by atoms with E-state index in [1.54, 1.807) is 17.8 Å². The lowest BCUT2D eigenvalue weighted by Crippen LogP contribution is -2.36. The number of rotatable bonds is 3. The molecule has 1 aromatic carbocycles. The number of benzene rings is 1. The highest BCUT2D eigenvalue weighted by Gasteiger charge is 2.34. The molecule has 1 aliphatic heterocycles. The lowest BCUT2D eigenvalue weighted by atomic mass is 9.87. The molecule has 128 valence electrons. The molecular formula is C18H17BrN4O2. The predicted octanol–water partition coefficient (Wildman–Crippen LogP) is 3.32. The molecular weight excluding hydrogens is 384 g/mol. The Morgan fingerprint density at radius 1 is 1.40 bits per heavy atom. The molecule has 3 heterocycles. The van der Waals surface area contributed by atoms with Gasteiger partial charge in [0.1, 0.15) is 5.75 Å². The summed E-state index contributed by atoms with van der Waals surface area (Å²) in [5.41, 5.74) is 3.82. The van der Waals surface area contributed by atoms with Gasteiger partial charge in [0, 0.05) is 30.4 Å². The summed E-state index contributed by atoms with van der Waals surface area (Å²) in [5, 5.41) is 4.64. The molecule has 0 spiro atoms. The Hall–Kier alpha value is -2.41. The van der Waals surface area contributed by atoms with E-state index in [0.29, 0.717) is 6.42 Å². The molecule has 3 aromatic rings. The van der Waals surface area contributed by atoms with E-state index in [2.05, 4.69) is 32.1 Å². The van der Waals surface area contributed by atoms with Gasteiger partial charge in [0.2, 0.25) is 6.41 Å². The first-order valence-corrected chi connectivity index (χ1v) is 8.81. The second-order valence-corrected chi connectivity index (χ2v) is 7.04. The molecule has 0 bridgehead atoms. The van der Waals surface area contributed by atoms with Crippen molar-refractivity contribution in [3.63, 3.8) is 0 Å². The number of hydrogen-bond acceptors (Lipinski definition) is 4. The third-order valence-electron chi connectivity index (χ3n) is 4.81. The molecule has 0 aliphatic carbocycles. The first kappa shape index (κ1) is 16.1. The average Bonchev–Trinajstić information content (AvgIpc) is 3.04. The maximum Gasteiger partial charge on any atom is 0.210 e. The van der Waals surface area contributed by atoms with Crippen molar-refractivity contribution < 1.29 is 9.53 Å². The third-order valence-corrected chi connectivity index (χ3v) is 5.22. The Balaban J connectivity index is 1.83. The van der Waals surface area contributed by atoms with Gasteiger partial charge < -0.3 is 9.64 Å². The number of nitrogens with zero attached hydrogens (tertiary/aromatic N) is 4. The Kier molecular flexibility index (Phi) is 3.95. The van der Waals surface area contributed by atoms with Crippen molar-refractivity contribution in [2.75, 3.05) is 7.11 Å². The van der Waals surface area contributed by atoms with Gasteiger partial charge in [0.05, 0.1) is 29.4 Å². The number of ether oxygens (including phenoxy) is 1. The zero-order chi connectivity index (χ0) is 17.6. The summed E-state index contributed by atoms with van der Waals surface area (Å²) in [6, 6.07) is 7.70. The molecule has 0 saturated carbocycles. The molecule has 1 aliphatic rings. The van der Waals surface area contributed by atoms with Crippen LogP contribution in [0.4, 0.5) is 0 Å². The molecule has 0 fully saturated rings. The van der Waals surface area contributed by atoms with E-state index in [0.717, 1.165) is 39.1 Å². The molecule has 1 amide bonds. The van der Waals surface area contributed by atoms with Crippen LogP contribution in [-0.2, 0) is 11.2 Å². The summed E-state index contributed by atoms with van der Waals surface area (Å²) in [5.74, 6) is 0.851. The van der Waals surface area contributed by atoms with Crippen LogP contribution in [0.25, 0.3) is 5.65 Å². The van der Waals surface area contributed by atoms with E-state index < -0.39 is 0 Å². The molecule has 0 saturated heterocycles. The molecule has 0 N–H and O–H groups in total. The van der Waals surface area contributed by atoms with Crippen LogP contribution in [-0.4, -0.2) is 33.0 Å². The molecule has 7 heteroatoms. The molecule has 0 radical (unpaired) electrons. The van der Waals surface area contributed by atoms with Crippen molar-refractivity contribution >= 4 is 28.0 Å². The maximum absolute atomic E-state index is 11.8. The second-order valence-electron chi connectivity index (χ2n) is 6.12. The van der Waals surface area contributed by atoms with E-state index in [1.807, 2.05) is 36.2 Å². The number of amides is 1. The SMILES string of the molecule is COc1cccc2c1CC(c1cc3ncc(Br)cn3n1)N(C=O)C2C. The van der Waals surface area contributed by atoms with Crippen LogP contribution in [0.15, 0.2) is 41.1 Å². The quantitative estimate of drug-likeness (QED) is 0.632. The van der Waals surface area contributed by atoms with Crippen LogP contribution in [0.1, 0.15) is 35.8 Å². The normalized spacial score (nSPS) is 19.7. The fourth-order valence-corrected chi connectivity index (χ4v) is 3.87. The van der Waals surface area contributed by atoms with Gasteiger partial charge in [-0.1, -0.05) is 12.1 Å². The number of aromatic nitrogens is 3. The van der Waals surface area contributed by atoms with Gasteiger partial charge in [-0.15, -0.1) is 0 Å². The lowest BCUT2D eigenvalue weighted by molar-refractivity contribution is -0.123. The molecule has 2 atom stereocenters. The molecule has 6 nitrogen and oxygen atoms in total. The molecule has 2 unspecified atom stereocenters. The molecule has 4 rings (SSSR count). The average molecular weight is 401 g/mol. The monoisotopic (exact) mass is 400 g/mol. The van der Waals surface area contributed by atoms with Crippen molar-refractivity contribution in [2.45, 2.75) is 25.4 Å². The minimum absolute atomic E-state index is 0.0501. The Morgan fingerprint density at radius 3 is 3.00 bits per heavy atom. The largest absolute Gasteiger partial charge is 0.496 e. The van der Waals surface area contributed by atoms with Crippen molar-refractivity contribution in [3.05, 3.63) is 58.0 Å². The molecule has 25 heavy (non-hydrogen) atoms. The minimum atomic E-state index is -0.156. The summed E-state index contributed by atoms with van der Waals surface area (Å²) in [7, 11) is 1.67. The van der Waals surface area contributed by atoms with E-state index >= 15 is 0 Å².